The highest BCUT2D eigenvalue weighted by Gasteiger charge is 2.38. The normalized spacial score (nSPS) is 14.7. The van der Waals surface area contributed by atoms with E-state index in [1.165, 1.54) is 58.2 Å². The first kappa shape index (κ1) is 41.6. The molecule has 0 radical (unpaired) electrons. The summed E-state index contributed by atoms with van der Waals surface area (Å²) < 4.78 is 0. The Kier molecular flexibility index (Phi) is 20.5. The third kappa shape index (κ3) is 17.0. The van der Waals surface area contributed by atoms with E-state index in [2.05, 4.69) is 142 Å². The highest BCUT2D eigenvalue weighted by Crippen LogP contribution is 2.47. The third-order valence-electron chi connectivity index (χ3n) is 8.09. The first-order valence-electron chi connectivity index (χ1n) is 17.0. The van der Waals surface area contributed by atoms with Crippen LogP contribution in [0.15, 0.2) is 104 Å². The van der Waals surface area contributed by atoms with Crippen molar-refractivity contribution in [3.8, 4) is 0 Å². The fourth-order valence-electron chi connectivity index (χ4n) is 4.97. The van der Waals surface area contributed by atoms with Crippen molar-refractivity contribution in [1.29, 1.82) is 0 Å². The molecule has 0 nitrogen and oxygen atoms in total. The fraction of sp³-hybridized carbons (Fsp3) is 0.422. The molecule has 0 aromatic heterocycles. The molecular formula is C45H66. The molecule has 0 saturated heterocycles. The standard InChI is InChI=1S/C22H24.C9H18.C8H10.C4H8.C2H6/c1-15(2)22-12-11-21(14-18(22)5)19(6)17(4)13-20-9-7-16(3)8-10-20;1-4-7(3)9-6-8(9)5-2;1-7-3-5-8(2)6-4-7;1-4(2)3;1-2/h7-12,14H,1,4,6,13H2,2-3,5H3;7-9H,4-6H2,1-3H3;3-6H,1-2H3;1H2,2-3H3;1-2H3. The van der Waals surface area contributed by atoms with Crippen LogP contribution in [-0.4, -0.2) is 0 Å². The van der Waals surface area contributed by atoms with Crippen LogP contribution in [0, 0.1) is 45.4 Å². The predicted molar refractivity (Wildman–Crippen MR) is 208 cm³/mol. The van der Waals surface area contributed by atoms with Gasteiger partial charge in [0.25, 0.3) is 0 Å². The van der Waals surface area contributed by atoms with Gasteiger partial charge in [-0.2, -0.15) is 0 Å². The molecule has 0 spiro atoms. The highest BCUT2D eigenvalue weighted by atomic mass is 14.4. The first-order chi connectivity index (χ1) is 21.2. The van der Waals surface area contributed by atoms with Gasteiger partial charge < -0.3 is 0 Å². The summed E-state index contributed by atoms with van der Waals surface area (Å²) >= 11 is 0. The third-order valence-corrected chi connectivity index (χ3v) is 8.09. The van der Waals surface area contributed by atoms with E-state index in [1.807, 2.05) is 34.6 Å². The second-order valence-corrected chi connectivity index (χ2v) is 12.9. The number of benzene rings is 3. The Balaban J connectivity index is 0.000000688. The molecule has 0 heterocycles. The lowest BCUT2D eigenvalue weighted by molar-refractivity contribution is 0.457. The second kappa shape index (κ2) is 22.2. The van der Waals surface area contributed by atoms with Crippen LogP contribution in [0.5, 0.6) is 0 Å². The number of aryl methyl sites for hydroxylation is 4. The Bertz CT molecular complexity index is 1290. The van der Waals surface area contributed by atoms with E-state index < -0.39 is 0 Å². The molecule has 0 bridgehead atoms. The van der Waals surface area contributed by atoms with Gasteiger partial charge in [-0.1, -0.05) is 162 Å². The second-order valence-electron chi connectivity index (χ2n) is 12.9. The van der Waals surface area contributed by atoms with Gasteiger partial charge >= 0.3 is 0 Å². The lowest BCUT2D eigenvalue weighted by atomic mass is 9.92. The Morgan fingerprint density at radius 3 is 1.53 bits per heavy atom. The molecule has 1 saturated carbocycles. The van der Waals surface area contributed by atoms with Gasteiger partial charge in [0.15, 0.2) is 0 Å². The lowest BCUT2D eigenvalue weighted by Crippen LogP contribution is -1.95. The Labute approximate surface area is 280 Å². The lowest BCUT2D eigenvalue weighted by Gasteiger charge is -2.13. The SMILES string of the molecule is C=C(C)C.C=C(Cc1ccc(C)cc1)C(=C)c1ccc(C(=C)C)c(C)c1.CC.CCC(C)C1CC1CC.Cc1ccc(C)cc1. The maximum absolute atomic E-state index is 4.23. The van der Waals surface area contributed by atoms with Crippen LogP contribution >= 0.6 is 0 Å². The zero-order valence-electron chi connectivity index (χ0n) is 31.2. The Morgan fingerprint density at radius 2 is 1.18 bits per heavy atom. The van der Waals surface area contributed by atoms with Crippen LogP contribution in [0.25, 0.3) is 11.1 Å². The van der Waals surface area contributed by atoms with Crippen molar-refractivity contribution in [3.63, 3.8) is 0 Å². The average Bonchev–Trinajstić information content (AvgIpc) is 3.80. The molecule has 0 aliphatic heterocycles. The highest BCUT2D eigenvalue weighted by molar-refractivity contribution is 5.79. The van der Waals surface area contributed by atoms with Crippen LogP contribution in [-0.2, 0) is 6.42 Å². The van der Waals surface area contributed by atoms with Crippen LogP contribution in [0.1, 0.15) is 114 Å². The van der Waals surface area contributed by atoms with Gasteiger partial charge in [-0.05, 0) is 112 Å². The van der Waals surface area contributed by atoms with Gasteiger partial charge in [-0.25, -0.2) is 0 Å². The summed E-state index contributed by atoms with van der Waals surface area (Å²) in [4.78, 5) is 0. The van der Waals surface area contributed by atoms with Crippen molar-refractivity contribution in [3.05, 3.63) is 143 Å². The largest absolute Gasteiger partial charge is 0.100 e. The maximum atomic E-state index is 4.23. The van der Waals surface area contributed by atoms with Gasteiger partial charge in [0.05, 0.1) is 0 Å². The molecule has 3 atom stereocenters. The molecule has 0 N–H and O–H groups in total. The number of hydrogen-bond acceptors (Lipinski definition) is 0. The average molecular weight is 607 g/mol. The van der Waals surface area contributed by atoms with Crippen LogP contribution < -0.4 is 0 Å². The van der Waals surface area contributed by atoms with E-state index in [9.17, 15) is 0 Å². The van der Waals surface area contributed by atoms with E-state index in [1.54, 1.807) is 0 Å². The Morgan fingerprint density at radius 1 is 0.733 bits per heavy atom. The monoisotopic (exact) mass is 607 g/mol. The van der Waals surface area contributed by atoms with Crippen LogP contribution in [0.2, 0.25) is 0 Å². The van der Waals surface area contributed by atoms with Gasteiger partial charge in [0, 0.05) is 0 Å². The topological polar surface area (TPSA) is 0 Å². The maximum Gasteiger partial charge on any atom is -0.00257 e. The summed E-state index contributed by atoms with van der Waals surface area (Å²) in [6, 6.07) is 23.5. The van der Waals surface area contributed by atoms with E-state index in [4.69, 9.17) is 0 Å². The molecule has 4 rings (SSSR count). The molecule has 3 aromatic carbocycles. The van der Waals surface area contributed by atoms with Crippen molar-refractivity contribution < 1.29 is 0 Å². The molecule has 45 heavy (non-hydrogen) atoms. The van der Waals surface area contributed by atoms with Gasteiger partial charge in [-0.3, -0.25) is 0 Å². The first-order valence-corrected chi connectivity index (χ1v) is 17.0. The van der Waals surface area contributed by atoms with Gasteiger partial charge in [0.2, 0.25) is 0 Å². The summed E-state index contributed by atoms with van der Waals surface area (Å²) in [7, 11) is 0. The molecule has 1 aliphatic rings. The summed E-state index contributed by atoms with van der Waals surface area (Å²) in [6.07, 6.45) is 5.14. The molecular weight excluding hydrogens is 540 g/mol. The predicted octanol–water partition coefficient (Wildman–Crippen LogP) is 14.1. The van der Waals surface area contributed by atoms with E-state index in [0.717, 1.165) is 46.5 Å². The zero-order valence-corrected chi connectivity index (χ0v) is 31.2. The van der Waals surface area contributed by atoms with Crippen LogP contribution in [0.3, 0.4) is 0 Å². The number of allylic oxidation sites excluding steroid dienone is 4. The minimum Gasteiger partial charge on any atom is -0.100 e. The number of hydrogen-bond donors (Lipinski definition) is 0. The van der Waals surface area contributed by atoms with Crippen molar-refractivity contribution in [2.24, 2.45) is 17.8 Å². The summed E-state index contributed by atoms with van der Waals surface area (Å²) in [5.74, 6) is 3.19. The summed E-state index contributed by atoms with van der Waals surface area (Å²) in [5, 5.41) is 0. The van der Waals surface area contributed by atoms with E-state index in [-0.39, 0.29) is 0 Å². The number of rotatable bonds is 8. The minimum atomic E-state index is 0.834. The molecule has 1 aliphatic carbocycles. The van der Waals surface area contributed by atoms with Crippen LogP contribution in [0.4, 0.5) is 0 Å². The summed E-state index contributed by atoms with van der Waals surface area (Å²) in [6.45, 7) is 41.4. The van der Waals surface area contributed by atoms with Crippen molar-refractivity contribution in [1.82, 2.24) is 0 Å². The zero-order chi connectivity index (χ0) is 34.7. The molecule has 3 unspecified atom stereocenters. The molecule has 3 aromatic rings. The molecule has 246 valence electrons. The van der Waals surface area contributed by atoms with E-state index in [0.29, 0.717) is 0 Å². The Hall–Kier alpha value is -3.38. The fourth-order valence-corrected chi connectivity index (χ4v) is 4.97. The van der Waals surface area contributed by atoms with Gasteiger partial charge in [0.1, 0.15) is 0 Å². The minimum absolute atomic E-state index is 0.834. The van der Waals surface area contributed by atoms with Crippen molar-refractivity contribution >= 4 is 11.1 Å². The van der Waals surface area contributed by atoms with E-state index >= 15 is 0 Å². The van der Waals surface area contributed by atoms with Crippen molar-refractivity contribution in [2.75, 3.05) is 0 Å². The molecule has 0 amide bonds. The quantitative estimate of drug-likeness (QED) is 0.177. The molecule has 0 heteroatoms. The molecule has 1 fully saturated rings. The smallest absolute Gasteiger partial charge is 0.00257 e. The van der Waals surface area contributed by atoms with Gasteiger partial charge in [-0.15, -0.1) is 6.58 Å². The van der Waals surface area contributed by atoms with Crippen molar-refractivity contribution in [2.45, 2.75) is 109 Å². The summed E-state index contributed by atoms with van der Waals surface area (Å²) in [5.41, 5.74) is 13.1.